The molecule has 1 atom stereocenters. The van der Waals surface area contributed by atoms with Gasteiger partial charge in [-0.3, -0.25) is 0 Å². The lowest BCUT2D eigenvalue weighted by molar-refractivity contribution is -0.291. The summed E-state index contributed by atoms with van der Waals surface area (Å²) in [5.74, 6) is -6.18. The first-order valence-electron chi connectivity index (χ1n) is 4.36. The first-order chi connectivity index (χ1) is 7.98. The molecule has 0 amide bonds. The molecule has 0 saturated carbocycles. The maximum Gasteiger partial charge on any atom is 0.455 e. The summed E-state index contributed by atoms with van der Waals surface area (Å²) in [7, 11) is 0. The van der Waals surface area contributed by atoms with Crippen molar-refractivity contribution in [3.63, 3.8) is 0 Å². The number of phenolic OH excluding ortho intramolecular Hbond substituents is 1. The average Bonchev–Trinajstić information content (AvgIpc) is 2.20. The highest BCUT2D eigenvalue weighted by Crippen LogP contribution is 2.46. The Morgan fingerprint density at radius 3 is 2.00 bits per heavy atom. The summed E-state index contributed by atoms with van der Waals surface area (Å²) < 4.78 is 62.4. The second kappa shape index (κ2) is 5.87. The smallest absolute Gasteiger partial charge is 0.455 e. The van der Waals surface area contributed by atoms with E-state index in [0.29, 0.717) is 6.07 Å². The number of alkyl halides is 5. The summed E-state index contributed by atoms with van der Waals surface area (Å²) in [5.41, 5.74) is 3.97. The summed E-state index contributed by atoms with van der Waals surface area (Å²) in [6, 6.07) is -1.12. The predicted octanol–water partition coefficient (Wildman–Crippen LogP) is 4.32. The van der Waals surface area contributed by atoms with Crippen LogP contribution >= 0.6 is 35.6 Å². The van der Waals surface area contributed by atoms with Crippen LogP contribution < -0.4 is 5.73 Å². The topological polar surface area (TPSA) is 46.2 Å². The van der Waals surface area contributed by atoms with Crippen molar-refractivity contribution in [2.75, 3.05) is 0 Å². The molecule has 0 aromatic heterocycles. The highest BCUT2D eigenvalue weighted by Gasteiger charge is 2.62. The summed E-state index contributed by atoms with van der Waals surface area (Å²) in [6.45, 7) is 0. The van der Waals surface area contributed by atoms with Gasteiger partial charge in [-0.05, 0) is 12.1 Å². The second-order valence-electron chi connectivity index (χ2n) is 3.42. The van der Waals surface area contributed by atoms with E-state index >= 15 is 0 Å². The number of rotatable bonds is 2. The van der Waals surface area contributed by atoms with Crippen molar-refractivity contribution in [2.45, 2.75) is 18.1 Å². The molecule has 110 valence electrons. The Hall–Kier alpha value is -0.500. The first-order valence-corrected chi connectivity index (χ1v) is 5.12. The molecule has 0 unspecified atom stereocenters. The summed E-state index contributed by atoms with van der Waals surface area (Å²) >= 11 is 10.9. The zero-order valence-electron chi connectivity index (χ0n) is 8.81. The van der Waals surface area contributed by atoms with Crippen LogP contribution in [0.15, 0.2) is 12.1 Å². The molecule has 0 fully saturated rings. The van der Waals surface area contributed by atoms with Crippen LogP contribution in [0.5, 0.6) is 5.75 Å². The van der Waals surface area contributed by atoms with Gasteiger partial charge in [-0.2, -0.15) is 22.0 Å². The quantitative estimate of drug-likeness (QED) is 0.784. The Bertz CT molecular complexity index is 466. The average molecular weight is 347 g/mol. The largest absolute Gasteiger partial charge is 0.506 e. The van der Waals surface area contributed by atoms with Crippen molar-refractivity contribution in [3.05, 3.63) is 27.7 Å². The number of phenols is 1. The van der Waals surface area contributed by atoms with Gasteiger partial charge in [0.25, 0.3) is 0 Å². The fourth-order valence-corrected chi connectivity index (χ4v) is 1.70. The molecule has 0 aliphatic rings. The third-order valence-electron chi connectivity index (χ3n) is 2.16. The Morgan fingerprint density at radius 2 is 1.58 bits per heavy atom. The molecule has 3 N–H and O–H groups in total. The monoisotopic (exact) mass is 345 g/mol. The Kier molecular flexibility index (Phi) is 5.71. The van der Waals surface area contributed by atoms with Crippen molar-refractivity contribution < 1.29 is 27.1 Å². The number of hydrogen-bond acceptors (Lipinski definition) is 2. The molecule has 0 aliphatic carbocycles. The van der Waals surface area contributed by atoms with E-state index in [0.717, 1.165) is 6.07 Å². The third kappa shape index (κ3) is 3.53. The van der Waals surface area contributed by atoms with Crippen LogP contribution in [0.3, 0.4) is 0 Å². The summed E-state index contributed by atoms with van der Waals surface area (Å²) in [4.78, 5) is 0. The number of hydrogen-bond donors (Lipinski definition) is 2. The minimum atomic E-state index is -5.85. The highest BCUT2D eigenvalue weighted by atomic mass is 35.5. The fourth-order valence-electron chi connectivity index (χ4n) is 1.19. The van der Waals surface area contributed by atoms with Crippen LogP contribution in [0.4, 0.5) is 22.0 Å². The van der Waals surface area contributed by atoms with E-state index in [4.69, 9.17) is 28.9 Å². The molecule has 19 heavy (non-hydrogen) atoms. The molecule has 1 aromatic carbocycles. The van der Waals surface area contributed by atoms with Crippen molar-refractivity contribution in [2.24, 2.45) is 5.73 Å². The molecule has 0 bridgehead atoms. The van der Waals surface area contributed by atoms with E-state index in [1.807, 2.05) is 0 Å². The molecule has 0 heterocycles. The predicted molar refractivity (Wildman–Crippen MR) is 63.3 cm³/mol. The van der Waals surface area contributed by atoms with Gasteiger partial charge in [0.1, 0.15) is 11.8 Å². The number of halogens is 8. The summed E-state index contributed by atoms with van der Waals surface area (Å²) in [6.07, 6.45) is -5.85. The molecular formula is C9H7Cl3F5NO. The lowest BCUT2D eigenvalue weighted by Gasteiger charge is -2.26. The van der Waals surface area contributed by atoms with E-state index in [9.17, 15) is 27.1 Å². The molecule has 0 aliphatic heterocycles. The van der Waals surface area contributed by atoms with E-state index in [-0.39, 0.29) is 17.4 Å². The maximum absolute atomic E-state index is 13.0. The zero-order valence-corrected chi connectivity index (χ0v) is 11.1. The molecule has 1 rings (SSSR count). The SMILES string of the molecule is Cl.N[C@@H](c1cc(Cl)cc(Cl)c1O)C(F)(F)C(F)(F)F. The van der Waals surface area contributed by atoms with Gasteiger partial charge in [-0.1, -0.05) is 23.2 Å². The van der Waals surface area contributed by atoms with Crippen molar-refractivity contribution >= 4 is 35.6 Å². The highest BCUT2D eigenvalue weighted by molar-refractivity contribution is 6.35. The van der Waals surface area contributed by atoms with Gasteiger partial charge in [-0.25, -0.2) is 0 Å². The van der Waals surface area contributed by atoms with Gasteiger partial charge in [-0.15, -0.1) is 12.4 Å². The molecular weight excluding hydrogens is 339 g/mol. The van der Waals surface area contributed by atoms with Gasteiger partial charge >= 0.3 is 12.1 Å². The second-order valence-corrected chi connectivity index (χ2v) is 4.27. The van der Waals surface area contributed by atoms with Crippen molar-refractivity contribution in [1.29, 1.82) is 0 Å². The van der Waals surface area contributed by atoms with Crippen LogP contribution in [-0.2, 0) is 0 Å². The lowest BCUT2D eigenvalue weighted by Crippen LogP contribution is -2.45. The molecule has 2 nitrogen and oxygen atoms in total. The van der Waals surface area contributed by atoms with E-state index in [1.54, 1.807) is 0 Å². The van der Waals surface area contributed by atoms with E-state index in [2.05, 4.69) is 0 Å². The zero-order chi connectivity index (χ0) is 14.3. The van der Waals surface area contributed by atoms with E-state index in [1.165, 1.54) is 0 Å². The molecule has 0 saturated heterocycles. The molecule has 0 spiro atoms. The Labute approximate surface area is 120 Å². The summed E-state index contributed by atoms with van der Waals surface area (Å²) in [5, 5.41) is 8.66. The maximum atomic E-state index is 13.0. The van der Waals surface area contributed by atoms with Crippen LogP contribution in [0.2, 0.25) is 10.0 Å². The van der Waals surface area contributed by atoms with Crippen LogP contribution in [-0.4, -0.2) is 17.2 Å². The van der Waals surface area contributed by atoms with Crippen molar-refractivity contribution in [1.82, 2.24) is 0 Å². The van der Waals surface area contributed by atoms with Gasteiger partial charge in [0.15, 0.2) is 0 Å². The van der Waals surface area contributed by atoms with Crippen LogP contribution in [0.1, 0.15) is 11.6 Å². The first kappa shape index (κ1) is 18.5. The number of nitrogens with two attached hydrogens (primary N) is 1. The fraction of sp³-hybridized carbons (Fsp3) is 0.333. The van der Waals surface area contributed by atoms with Gasteiger partial charge in [0.2, 0.25) is 0 Å². The minimum absolute atomic E-state index is 0. The van der Waals surface area contributed by atoms with Gasteiger partial charge in [0.05, 0.1) is 5.02 Å². The van der Waals surface area contributed by atoms with Crippen molar-refractivity contribution in [3.8, 4) is 5.75 Å². The standard InChI is InChI=1S/C9H6Cl2F5NO.ClH/c10-3-1-4(6(18)5(11)2-3)7(17)8(12,13)9(14,15)16;/h1-2,7,18H,17H2;1H/t7-;/m0./s1. The molecule has 1 aromatic rings. The lowest BCUT2D eigenvalue weighted by atomic mass is 10.00. The molecule has 0 radical (unpaired) electrons. The Morgan fingerprint density at radius 1 is 1.11 bits per heavy atom. The molecule has 10 heteroatoms. The van der Waals surface area contributed by atoms with Crippen LogP contribution in [0, 0.1) is 0 Å². The number of aromatic hydroxyl groups is 1. The minimum Gasteiger partial charge on any atom is -0.506 e. The van der Waals surface area contributed by atoms with E-state index < -0.39 is 34.5 Å². The normalized spacial score (nSPS) is 13.9. The van der Waals surface area contributed by atoms with Crippen LogP contribution in [0.25, 0.3) is 0 Å². The third-order valence-corrected chi connectivity index (χ3v) is 2.67. The van der Waals surface area contributed by atoms with Gasteiger partial charge in [0, 0.05) is 10.6 Å². The number of benzene rings is 1. The Balaban J connectivity index is 0.00000324. The van der Waals surface area contributed by atoms with Gasteiger partial charge < -0.3 is 10.8 Å².